The van der Waals surface area contributed by atoms with Crippen LogP contribution in [0.5, 0.6) is 0 Å². The fraction of sp³-hybridized carbons (Fsp3) is 0.706. The van der Waals surface area contributed by atoms with Crippen molar-refractivity contribution in [2.75, 3.05) is 13.2 Å². The molecular weight excluding hydrogens is 251 g/mol. The van der Waals surface area contributed by atoms with Gasteiger partial charge in [0.2, 0.25) is 0 Å². The first-order valence-corrected chi connectivity index (χ1v) is 8.54. The van der Waals surface area contributed by atoms with Crippen molar-refractivity contribution in [1.82, 2.24) is 0 Å². The summed E-state index contributed by atoms with van der Waals surface area (Å²) in [4.78, 5) is 0. The molecule has 0 amide bonds. The van der Waals surface area contributed by atoms with Gasteiger partial charge in [0.25, 0.3) is 0 Å². The van der Waals surface area contributed by atoms with E-state index in [1.54, 1.807) is 5.30 Å². The van der Waals surface area contributed by atoms with Gasteiger partial charge in [-0.15, -0.1) is 0 Å². The summed E-state index contributed by atoms with van der Waals surface area (Å²) in [5, 5.41) is 1.59. The number of hydrogen-bond acceptors (Lipinski definition) is 1. The average molecular weight is 280 g/mol. The van der Waals surface area contributed by atoms with Crippen LogP contribution in [0.2, 0.25) is 0 Å². The topological polar surface area (TPSA) is 9.23 Å². The smallest absolute Gasteiger partial charge is 0.0466 e. The van der Waals surface area contributed by atoms with Crippen LogP contribution in [0, 0.1) is 6.92 Å². The molecular formula is C17H29OP. The Morgan fingerprint density at radius 2 is 1.95 bits per heavy atom. The van der Waals surface area contributed by atoms with E-state index in [1.807, 2.05) is 0 Å². The quantitative estimate of drug-likeness (QED) is 0.516. The minimum absolute atomic E-state index is 0.331. The van der Waals surface area contributed by atoms with E-state index in [2.05, 4.69) is 45.6 Å². The molecule has 0 spiro atoms. The molecule has 0 saturated carbocycles. The molecule has 1 rings (SSSR count). The minimum atomic E-state index is 0.331. The zero-order chi connectivity index (χ0) is 14.1. The van der Waals surface area contributed by atoms with Crippen LogP contribution in [0.15, 0.2) is 17.9 Å². The molecule has 0 radical (unpaired) electrons. The van der Waals surface area contributed by atoms with Crippen molar-refractivity contribution in [3.8, 4) is 0 Å². The molecule has 0 aliphatic carbocycles. The second-order valence-corrected chi connectivity index (χ2v) is 6.98. The number of rotatable bonds is 9. The molecule has 0 saturated heterocycles. The normalized spacial score (nSPS) is 12.2. The molecule has 19 heavy (non-hydrogen) atoms. The van der Waals surface area contributed by atoms with E-state index < -0.39 is 0 Å². The van der Waals surface area contributed by atoms with Crippen molar-refractivity contribution in [2.24, 2.45) is 0 Å². The molecule has 1 heterocycles. The third kappa shape index (κ3) is 6.06. The molecule has 0 fully saturated rings. The summed E-state index contributed by atoms with van der Waals surface area (Å²) in [5.41, 5.74) is 1.79. The number of aryl methyl sites for hydroxylation is 1. The van der Waals surface area contributed by atoms with Gasteiger partial charge in [-0.1, -0.05) is 53.9 Å². The first-order valence-electron chi connectivity index (χ1n) is 7.58. The lowest BCUT2D eigenvalue weighted by Gasteiger charge is -2.26. The summed E-state index contributed by atoms with van der Waals surface area (Å²) in [6.45, 7) is 11.0. The van der Waals surface area contributed by atoms with Crippen LogP contribution in [0.4, 0.5) is 0 Å². The molecule has 0 atom stereocenters. The van der Waals surface area contributed by atoms with Gasteiger partial charge in [-0.3, -0.25) is 0 Å². The van der Waals surface area contributed by atoms with E-state index in [4.69, 9.17) is 4.74 Å². The fourth-order valence-corrected chi connectivity index (χ4v) is 3.57. The number of hydrogen-bond donors (Lipinski definition) is 0. The maximum Gasteiger partial charge on any atom is 0.0466 e. The zero-order valence-electron chi connectivity index (χ0n) is 13.0. The Labute approximate surface area is 120 Å². The lowest BCUT2D eigenvalue weighted by molar-refractivity contribution is 0.130. The minimum Gasteiger partial charge on any atom is -0.381 e. The molecule has 0 aromatic carbocycles. The maximum absolute atomic E-state index is 5.52. The van der Waals surface area contributed by atoms with E-state index in [0.717, 1.165) is 19.6 Å². The molecule has 0 unspecified atom stereocenters. The second-order valence-electron chi connectivity index (χ2n) is 5.98. The Bertz CT molecular complexity index is 360. The fourth-order valence-electron chi connectivity index (χ4n) is 2.51. The van der Waals surface area contributed by atoms with Crippen molar-refractivity contribution in [2.45, 2.75) is 65.2 Å². The lowest BCUT2D eigenvalue weighted by atomic mass is 9.83. The van der Waals surface area contributed by atoms with Crippen LogP contribution in [0.1, 0.15) is 63.7 Å². The average Bonchev–Trinajstić information content (AvgIpc) is 2.38. The van der Waals surface area contributed by atoms with Crippen molar-refractivity contribution < 1.29 is 4.74 Å². The van der Waals surface area contributed by atoms with Gasteiger partial charge in [0.15, 0.2) is 0 Å². The first kappa shape index (κ1) is 16.7. The van der Waals surface area contributed by atoms with Crippen LogP contribution in [-0.2, 0) is 10.2 Å². The highest BCUT2D eigenvalue weighted by molar-refractivity contribution is 7.30. The van der Waals surface area contributed by atoms with Crippen LogP contribution in [0.25, 0.3) is 0 Å². The molecule has 0 aliphatic rings. The van der Waals surface area contributed by atoms with Crippen molar-refractivity contribution >= 4 is 8.19 Å². The highest BCUT2D eigenvalue weighted by Crippen LogP contribution is 2.36. The summed E-state index contributed by atoms with van der Waals surface area (Å²) in [5.74, 6) is 2.25. The summed E-state index contributed by atoms with van der Waals surface area (Å²) in [7, 11) is 1.39. The monoisotopic (exact) mass is 280 g/mol. The third-order valence-corrected chi connectivity index (χ3v) is 5.13. The van der Waals surface area contributed by atoms with E-state index in [1.165, 1.54) is 39.4 Å². The van der Waals surface area contributed by atoms with E-state index in [-0.39, 0.29) is 0 Å². The van der Waals surface area contributed by atoms with Crippen LogP contribution < -0.4 is 0 Å². The van der Waals surface area contributed by atoms with Gasteiger partial charge in [-0.25, -0.2) is 0 Å². The van der Waals surface area contributed by atoms with Gasteiger partial charge in [-0.2, -0.15) is 0 Å². The highest BCUT2D eigenvalue weighted by atomic mass is 31.0. The summed E-state index contributed by atoms with van der Waals surface area (Å²) >= 11 is 0. The molecule has 1 nitrogen and oxygen atoms in total. The molecule has 2 heteroatoms. The Morgan fingerprint density at radius 3 is 2.63 bits per heavy atom. The van der Waals surface area contributed by atoms with Crippen LogP contribution in [-0.4, -0.2) is 13.2 Å². The van der Waals surface area contributed by atoms with Crippen molar-refractivity contribution in [3.63, 3.8) is 0 Å². The standard InChI is InChI=1S/C17H29OP/c1-5-12-18-13-8-6-7-11-17(3,4)16-15(2)10-9-14-19-16/h9-10,14H,5-8,11-13H2,1-4H3. The van der Waals surface area contributed by atoms with Gasteiger partial charge in [0.1, 0.15) is 0 Å². The highest BCUT2D eigenvalue weighted by Gasteiger charge is 2.21. The maximum atomic E-state index is 5.52. The van der Waals surface area contributed by atoms with Gasteiger partial charge in [0.05, 0.1) is 0 Å². The van der Waals surface area contributed by atoms with Crippen molar-refractivity contribution in [3.05, 3.63) is 28.8 Å². The number of unbranched alkanes of at least 4 members (excludes halogenated alkanes) is 2. The number of ether oxygens (including phenoxy) is 1. The molecule has 0 aliphatic heterocycles. The van der Waals surface area contributed by atoms with Crippen LogP contribution >= 0.6 is 8.19 Å². The Kier molecular flexibility index (Phi) is 7.64. The molecule has 108 valence electrons. The Hall–Kier alpha value is -0.390. The predicted octanol–water partition coefficient (Wildman–Crippen LogP) is 5.84. The van der Waals surface area contributed by atoms with Crippen LogP contribution in [0.3, 0.4) is 0 Å². The van der Waals surface area contributed by atoms with E-state index in [9.17, 15) is 0 Å². The molecule has 1 aromatic rings. The van der Waals surface area contributed by atoms with Gasteiger partial charge >= 0.3 is 0 Å². The Morgan fingerprint density at radius 1 is 1.16 bits per heavy atom. The van der Waals surface area contributed by atoms with E-state index >= 15 is 0 Å². The Balaban J connectivity index is 2.30. The van der Waals surface area contributed by atoms with Gasteiger partial charge < -0.3 is 4.74 Å². The lowest BCUT2D eigenvalue weighted by Crippen LogP contribution is -2.17. The van der Waals surface area contributed by atoms with E-state index in [0.29, 0.717) is 5.41 Å². The molecule has 0 bridgehead atoms. The molecule has 1 aromatic heterocycles. The zero-order valence-corrected chi connectivity index (χ0v) is 13.9. The van der Waals surface area contributed by atoms with Crippen molar-refractivity contribution in [1.29, 1.82) is 0 Å². The van der Waals surface area contributed by atoms with Gasteiger partial charge in [-0.05, 0) is 48.3 Å². The predicted molar refractivity (Wildman–Crippen MR) is 86.3 cm³/mol. The summed E-state index contributed by atoms with van der Waals surface area (Å²) < 4.78 is 5.52. The first-order chi connectivity index (χ1) is 9.08. The SMILES string of the molecule is CCCOCCCCCC(C)(C)c1pcccc1C. The largest absolute Gasteiger partial charge is 0.381 e. The molecule has 0 N–H and O–H groups in total. The second kappa shape index (κ2) is 8.72. The summed E-state index contributed by atoms with van der Waals surface area (Å²) in [6.07, 6.45) is 6.21. The van der Waals surface area contributed by atoms with Gasteiger partial charge in [0, 0.05) is 13.2 Å². The third-order valence-electron chi connectivity index (χ3n) is 3.59. The summed E-state index contributed by atoms with van der Waals surface area (Å²) in [6, 6.07) is 4.41.